The summed E-state index contributed by atoms with van der Waals surface area (Å²) in [5, 5.41) is 23.0. The number of nitro benzene ring substituents is 2. The van der Waals surface area contributed by atoms with Gasteiger partial charge in [0.15, 0.2) is 0 Å². The van der Waals surface area contributed by atoms with Crippen LogP contribution in [0.4, 0.5) is 49.1 Å². The molecule has 2 rings (SSSR count). The number of nitrogens with zero attached hydrogens (tertiary/aromatic N) is 4. The number of ether oxygens (including phenoxy) is 2. The normalized spacial score (nSPS) is 12.3. The highest BCUT2D eigenvalue weighted by atomic mass is 32.2. The fourth-order valence-corrected chi connectivity index (χ4v) is 4.81. The molecule has 0 bridgehead atoms. The molecule has 2 aromatic carbocycles. The SMILES string of the molecule is COc1ccc(N(C(=O)C(=O)N(c2ccc(OC)cc2[N+](=O)[O-])S(=O)(=O)C(F)(F)F)S(=O)(=O)C(F)(F)F)c([N+](=O)[O-])c1. The van der Waals surface area contributed by atoms with Crippen LogP contribution < -0.4 is 18.1 Å². The van der Waals surface area contributed by atoms with E-state index in [1.807, 2.05) is 0 Å². The Morgan fingerprint density at radius 1 is 0.690 bits per heavy atom. The van der Waals surface area contributed by atoms with Crippen LogP contribution in [0.2, 0.25) is 0 Å². The van der Waals surface area contributed by atoms with Crippen molar-refractivity contribution in [2.45, 2.75) is 11.0 Å². The van der Waals surface area contributed by atoms with Crippen LogP contribution in [0.1, 0.15) is 0 Å². The maximum Gasteiger partial charge on any atom is 0.517 e. The Labute approximate surface area is 229 Å². The minimum Gasteiger partial charge on any atom is -0.496 e. The highest BCUT2D eigenvalue weighted by molar-refractivity contribution is 7.95. The minimum absolute atomic E-state index is 0.115. The molecule has 42 heavy (non-hydrogen) atoms. The monoisotopic (exact) mass is 654 g/mol. The van der Waals surface area contributed by atoms with E-state index in [1.54, 1.807) is 0 Å². The maximum absolute atomic E-state index is 13.6. The number of rotatable bonds is 8. The molecule has 2 aromatic rings. The molecule has 0 unspecified atom stereocenters. The lowest BCUT2D eigenvalue weighted by molar-refractivity contribution is -0.384. The third-order valence-corrected chi connectivity index (χ3v) is 7.67. The summed E-state index contributed by atoms with van der Waals surface area (Å²) in [5.41, 5.74) is -20.4. The Bertz CT molecular complexity index is 1550. The largest absolute Gasteiger partial charge is 0.517 e. The van der Waals surface area contributed by atoms with Crippen LogP contribution in [-0.2, 0) is 29.6 Å². The quantitative estimate of drug-likeness (QED) is 0.174. The molecule has 0 N–H and O–H groups in total. The summed E-state index contributed by atoms with van der Waals surface area (Å²) in [4.78, 5) is 45.9. The van der Waals surface area contributed by atoms with Gasteiger partial charge in [-0.15, -0.1) is 0 Å². The maximum atomic E-state index is 13.6. The number of anilines is 2. The second-order valence-electron chi connectivity index (χ2n) is 7.26. The molecule has 230 valence electrons. The van der Waals surface area contributed by atoms with Crippen molar-refractivity contribution in [1.82, 2.24) is 0 Å². The molecular formula is C18H12F6N4O12S2. The fourth-order valence-electron chi connectivity index (χ4n) is 2.97. The van der Waals surface area contributed by atoms with Gasteiger partial charge in [0.1, 0.15) is 22.9 Å². The van der Waals surface area contributed by atoms with E-state index in [0.29, 0.717) is 12.1 Å². The molecule has 0 spiro atoms. The Morgan fingerprint density at radius 2 is 0.976 bits per heavy atom. The molecule has 0 aliphatic carbocycles. The second kappa shape index (κ2) is 11.3. The number of methoxy groups -OCH3 is 2. The van der Waals surface area contributed by atoms with E-state index in [9.17, 15) is 73.0 Å². The van der Waals surface area contributed by atoms with Gasteiger partial charge in [-0.25, -0.2) is 0 Å². The third-order valence-electron chi connectivity index (χ3n) is 4.81. The molecular weight excluding hydrogens is 642 g/mol. The number of sulfonamides is 2. The Morgan fingerprint density at radius 3 is 1.19 bits per heavy atom. The number of amides is 2. The minimum atomic E-state index is -7.28. The predicted molar refractivity (Wildman–Crippen MR) is 124 cm³/mol. The first-order chi connectivity index (χ1) is 19.0. The standard InChI is InChI=1S/C18H12F6N4O12S2/c1-39-9-3-5-11(13(7-9)27(31)32)25(41(35,36)17(19,20)21)15(29)16(30)26(42(37,38)18(22,23)24)12-6-4-10(40-2)8-14(12)28(33)34/h3-8H,1-2H3. The smallest absolute Gasteiger partial charge is 0.496 e. The van der Waals surface area contributed by atoms with Gasteiger partial charge in [0.05, 0.1) is 36.2 Å². The molecule has 0 saturated heterocycles. The van der Waals surface area contributed by atoms with E-state index in [-0.39, 0.29) is 24.3 Å². The lowest BCUT2D eigenvalue weighted by Gasteiger charge is -2.27. The number of benzene rings is 2. The number of nitro groups is 2. The van der Waals surface area contributed by atoms with Crippen LogP contribution in [-0.4, -0.2) is 63.7 Å². The number of hydrogen-bond acceptors (Lipinski definition) is 12. The van der Waals surface area contributed by atoms with Gasteiger partial charge >= 0.3 is 42.9 Å². The highest BCUT2D eigenvalue weighted by Crippen LogP contribution is 2.41. The van der Waals surface area contributed by atoms with Crippen molar-refractivity contribution in [1.29, 1.82) is 0 Å². The summed E-state index contributed by atoms with van der Waals surface area (Å²) in [6.45, 7) is 0. The zero-order valence-corrected chi connectivity index (χ0v) is 21.9. The number of hydrogen-bond donors (Lipinski definition) is 0. The number of carbonyl (C=O) groups is 2. The van der Waals surface area contributed by atoms with Crippen molar-refractivity contribution >= 4 is 54.6 Å². The van der Waals surface area contributed by atoms with Gasteiger partial charge in [0.25, 0.3) is 11.4 Å². The van der Waals surface area contributed by atoms with E-state index < -0.39 is 95.6 Å². The van der Waals surface area contributed by atoms with Crippen LogP contribution in [0.25, 0.3) is 0 Å². The average Bonchev–Trinajstić information content (AvgIpc) is 2.87. The molecule has 24 heteroatoms. The molecule has 16 nitrogen and oxygen atoms in total. The number of alkyl halides is 6. The second-order valence-corrected chi connectivity index (χ2v) is 10.8. The highest BCUT2D eigenvalue weighted by Gasteiger charge is 2.59. The van der Waals surface area contributed by atoms with Crippen molar-refractivity contribution in [3.8, 4) is 11.5 Å². The first kappa shape index (κ1) is 33.5. The van der Waals surface area contributed by atoms with Gasteiger partial charge in [-0.1, -0.05) is 0 Å². The topological polar surface area (TPSA) is 214 Å². The van der Waals surface area contributed by atoms with Crippen molar-refractivity contribution < 1.29 is 72.1 Å². The van der Waals surface area contributed by atoms with Crippen molar-refractivity contribution in [3.63, 3.8) is 0 Å². The molecule has 2 amide bonds. The Hall–Kier alpha value is -4.74. The van der Waals surface area contributed by atoms with Crippen LogP contribution in [0.3, 0.4) is 0 Å². The summed E-state index contributed by atoms with van der Waals surface area (Å²) in [6.07, 6.45) is 0. The van der Waals surface area contributed by atoms with E-state index in [1.165, 1.54) is 0 Å². The van der Waals surface area contributed by atoms with E-state index in [0.717, 1.165) is 14.2 Å². The molecule has 0 aliphatic rings. The zero-order chi connectivity index (χ0) is 32.6. The lowest BCUT2D eigenvalue weighted by atomic mass is 10.2. The number of halogens is 6. The van der Waals surface area contributed by atoms with Crippen molar-refractivity contribution in [3.05, 3.63) is 56.6 Å². The molecule has 0 saturated carbocycles. The van der Waals surface area contributed by atoms with Gasteiger partial charge in [0, 0.05) is 0 Å². The molecule has 0 aliphatic heterocycles. The van der Waals surface area contributed by atoms with Crippen LogP contribution in [0, 0.1) is 20.2 Å². The van der Waals surface area contributed by atoms with E-state index in [2.05, 4.69) is 9.47 Å². The molecule has 0 atom stereocenters. The molecule has 0 heterocycles. The van der Waals surface area contributed by atoms with E-state index >= 15 is 0 Å². The van der Waals surface area contributed by atoms with Crippen LogP contribution >= 0.6 is 0 Å². The van der Waals surface area contributed by atoms with Gasteiger partial charge in [0.2, 0.25) is 0 Å². The summed E-state index contributed by atoms with van der Waals surface area (Å²) in [5.74, 6) is -7.61. The molecule has 0 radical (unpaired) electrons. The van der Waals surface area contributed by atoms with Gasteiger partial charge in [-0.3, -0.25) is 29.8 Å². The zero-order valence-electron chi connectivity index (χ0n) is 20.2. The fraction of sp³-hybridized carbons (Fsp3) is 0.222. The van der Waals surface area contributed by atoms with Gasteiger partial charge in [-0.05, 0) is 24.3 Å². The first-order valence-corrected chi connectivity index (χ1v) is 12.9. The van der Waals surface area contributed by atoms with Crippen LogP contribution in [0.5, 0.6) is 11.5 Å². The number of carbonyl (C=O) groups excluding carboxylic acids is 2. The van der Waals surface area contributed by atoms with Crippen molar-refractivity contribution in [2.24, 2.45) is 0 Å². The Balaban J connectivity index is 3.04. The predicted octanol–water partition coefficient (Wildman–Crippen LogP) is 2.59. The van der Waals surface area contributed by atoms with E-state index in [4.69, 9.17) is 0 Å². The van der Waals surface area contributed by atoms with Crippen LogP contribution in [0.15, 0.2) is 36.4 Å². The van der Waals surface area contributed by atoms with Gasteiger partial charge < -0.3 is 9.47 Å². The van der Waals surface area contributed by atoms with Crippen molar-refractivity contribution in [2.75, 3.05) is 22.8 Å². The molecule has 0 aromatic heterocycles. The molecule has 0 fully saturated rings. The summed E-state index contributed by atoms with van der Waals surface area (Å²) >= 11 is 0. The summed E-state index contributed by atoms with van der Waals surface area (Å²) in [7, 11) is -12.8. The Kier molecular flexibility index (Phi) is 8.98. The third kappa shape index (κ3) is 5.97. The first-order valence-electron chi connectivity index (χ1n) is 10.0. The lowest BCUT2D eigenvalue weighted by Crippen LogP contribution is -2.55. The summed E-state index contributed by atoms with van der Waals surface area (Å²) in [6, 6.07) is 1.82. The van der Waals surface area contributed by atoms with Gasteiger partial charge in [-0.2, -0.15) is 51.8 Å². The average molecular weight is 654 g/mol. The summed E-state index contributed by atoms with van der Waals surface area (Å²) < 4.78 is 137.